The zero-order chi connectivity index (χ0) is 14.5. The molecule has 0 radical (unpaired) electrons. The number of phenolic OH excluding ortho intramolecular Hbond substituents is 1. The summed E-state index contributed by atoms with van der Waals surface area (Å²) in [5.41, 5.74) is 0.589. The topological polar surface area (TPSA) is 41.5 Å². The molecule has 0 amide bonds. The Labute approximate surface area is 115 Å². The summed E-state index contributed by atoms with van der Waals surface area (Å²) in [6.07, 6.45) is 0. The van der Waals surface area contributed by atoms with Crippen molar-refractivity contribution in [2.45, 2.75) is 13.5 Å². The summed E-state index contributed by atoms with van der Waals surface area (Å²) < 4.78 is 31.8. The summed E-state index contributed by atoms with van der Waals surface area (Å²) in [5.74, 6) is -0.710. The van der Waals surface area contributed by atoms with Crippen molar-refractivity contribution >= 4 is 5.69 Å². The first-order valence-corrected chi connectivity index (χ1v) is 6.24. The SMILES string of the molecule is CCOc1cccc(CNc2cc(F)ccc2F)c1O. The number of para-hydroxylation sites is 1. The van der Waals surface area contributed by atoms with E-state index in [0.717, 1.165) is 18.2 Å². The first kappa shape index (κ1) is 14.1. The molecule has 5 heteroatoms. The fourth-order valence-corrected chi connectivity index (χ4v) is 1.81. The molecule has 0 aliphatic heterocycles. The largest absolute Gasteiger partial charge is 0.504 e. The highest BCUT2D eigenvalue weighted by atomic mass is 19.1. The van der Waals surface area contributed by atoms with Crippen LogP contribution in [0, 0.1) is 11.6 Å². The van der Waals surface area contributed by atoms with Crippen molar-refractivity contribution < 1.29 is 18.6 Å². The molecule has 3 nitrogen and oxygen atoms in total. The highest BCUT2D eigenvalue weighted by Crippen LogP contribution is 2.30. The molecular weight excluding hydrogens is 264 g/mol. The van der Waals surface area contributed by atoms with Crippen molar-refractivity contribution in [3.63, 3.8) is 0 Å². The van der Waals surface area contributed by atoms with Crippen LogP contribution in [-0.4, -0.2) is 11.7 Å². The molecule has 0 unspecified atom stereocenters. The summed E-state index contributed by atoms with van der Waals surface area (Å²) in [6.45, 7) is 2.41. The van der Waals surface area contributed by atoms with Crippen LogP contribution in [0.15, 0.2) is 36.4 Å². The lowest BCUT2D eigenvalue weighted by molar-refractivity contribution is 0.317. The molecular formula is C15H15F2NO2. The number of ether oxygens (including phenoxy) is 1. The molecule has 0 fully saturated rings. The highest BCUT2D eigenvalue weighted by molar-refractivity contribution is 5.50. The van der Waals surface area contributed by atoms with Crippen molar-refractivity contribution in [2.24, 2.45) is 0 Å². The molecule has 106 valence electrons. The van der Waals surface area contributed by atoms with Crippen molar-refractivity contribution in [3.05, 3.63) is 53.6 Å². The molecule has 0 atom stereocenters. The summed E-state index contributed by atoms with van der Waals surface area (Å²) in [6, 6.07) is 8.22. The Morgan fingerprint density at radius 3 is 2.75 bits per heavy atom. The van der Waals surface area contributed by atoms with E-state index >= 15 is 0 Å². The van der Waals surface area contributed by atoms with Crippen LogP contribution >= 0.6 is 0 Å². The molecule has 20 heavy (non-hydrogen) atoms. The molecule has 0 saturated heterocycles. The molecule has 0 saturated carbocycles. The second kappa shape index (κ2) is 6.23. The number of nitrogens with one attached hydrogen (secondary N) is 1. The Morgan fingerprint density at radius 1 is 1.20 bits per heavy atom. The molecule has 2 aromatic carbocycles. The van der Waals surface area contributed by atoms with E-state index in [0.29, 0.717) is 17.9 Å². The highest BCUT2D eigenvalue weighted by Gasteiger charge is 2.09. The van der Waals surface area contributed by atoms with E-state index in [2.05, 4.69) is 5.32 Å². The van der Waals surface area contributed by atoms with E-state index in [1.165, 1.54) is 0 Å². The number of anilines is 1. The molecule has 0 spiro atoms. The molecule has 0 aliphatic carbocycles. The Hall–Kier alpha value is -2.30. The molecule has 2 aromatic rings. The number of hydrogen-bond acceptors (Lipinski definition) is 3. The van der Waals surface area contributed by atoms with Gasteiger partial charge in [-0.1, -0.05) is 12.1 Å². The number of aromatic hydroxyl groups is 1. The van der Waals surface area contributed by atoms with Gasteiger partial charge in [0.1, 0.15) is 11.6 Å². The van der Waals surface area contributed by atoms with Crippen molar-refractivity contribution in [1.29, 1.82) is 0 Å². The van der Waals surface area contributed by atoms with Crippen LogP contribution in [0.3, 0.4) is 0 Å². The van der Waals surface area contributed by atoms with Crippen LogP contribution in [0.5, 0.6) is 11.5 Å². The average molecular weight is 279 g/mol. The fourth-order valence-electron chi connectivity index (χ4n) is 1.81. The number of hydrogen-bond donors (Lipinski definition) is 2. The van der Waals surface area contributed by atoms with E-state index in [-0.39, 0.29) is 18.0 Å². The lowest BCUT2D eigenvalue weighted by Crippen LogP contribution is -2.03. The first-order chi connectivity index (χ1) is 9.61. The van der Waals surface area contributed by atoms with Gasteiger partial charge < -0.3 is 15.2 Å². The molecule has 0 aromatic heterocycles. The summed E-state index contributed by atoms with van der Waals surface area (Å²) in [5, 5.41) is 12.7. The van der Waals surface area contributed by atoms with Gasteiger partial charge in [-0.05, 0) is 31.2 Å². The van der Waals surface area contributed by atoms with Gasteiger partial charge in [-0.25, -0.2) is 8.78 Å². The van der Waals surface area contributed by atoms with Gasteiger partial charge in [-0.2, -0.15) is 0 Å². The maximum Gasteiger partial charge on any atom is 0.162 e. The van der Waals surface area contributed by atoms with Gasteiger partial charge in [0.15, 0.2) is 11.5 Å². The van der Waals surface area contributed by atoms with E-state index in [4.69, 9.17) is 4.74 Å². The van der Waals surface area contributed by atoms with Crippen molar-refractivity contribution in [1.82, 2.24) is 0 Å². The Morgan fingerprint density at radius 2 is 2.00 bits per heavy atom. The minimum absolute atomic E-state index is 0.00124. The van der Waals surface area contributed by atoms with Crippen molar-refractivity contribution in [3.8, 4) is 11.5 Å². The third kappa shape index (κ3) is 3.17. The molecule has 2 N–H and O–H groups in total. The van der Waals surface area contributed by atoms with Gasteiger partial charge in [-0.3, -0.25) is 0 Å². The third-order valence-corrected chi connectivity index (χ3v) is 2.78. The Balaban J connectivity index is 2.14. The smallest absolute Gasteiger partial charge is 0.162 e. The van der Waals surface area contributed by atoms with Crippen LogP contribution < -0.4 is 10.1 Å². The van der Waals surface area contributed by atoms with Gasteiger partial charge >= 0.3 is 0 Å². The Bertz CT molecular complexity index is 602. The van der Waals surface area contributed by atoms with E-state index in [9.17, 15) is 13.9 Å². The first-order valence-electron chi connectivity index (χ1n) is 6.24. The monoisotopic (exact) mass is 279 g/mol. The summed E-state index contributed by atoms with van der Waals surface area (Å²) in [7, 11) is 0. The van der Waals surface area contributed by atoms with Gasteiger partial charge in [0.25, 0.3) is 0 Å². The molecule has 0 heterocycles. The molecule has 2 rings (SSSR count). The quantitative estimate of drug-likeness (QED) is 0.877. The number of phenols is 1. The van der Waals surface area contributed by atoms with Gasteiger partial charge in [0, 0.05) is 12.1 Å². The van der Waals surface area contributed by atoms with Gasteiger partial charge in [0.2, 0.25) is 0 Å². The number of rotatable bonds is 5. The maximum absolute atomic E-state index is 13.5. The fraction of sp³-hybridized carbons (Fsp3) is 0.200. The van der Waals surface area contributed by atoms with Crippen LogP contribution in [0.1, 0.15) is 12.5 Å². The molecule has 0 bridgehead atoms. The maximum atomic E-state index is 13.5. The van der Waals surface area contributed by atoms with Crippen LogP contribution in [0.2, 0.25) is 0 Å². The van der Waals surface area contributed by atoms with Crippen LogP contribution in [0.4, 0.5) is 14.5 Å². The Kier molecular flexibility index (Phi) is 4.40. The predicted molar refractivity (Wildman–Crippen MR) is 73.0 cm³/mol. The lowest BCUT2D eigenvalue weighted by Gasteiger charge is -2.12. The second-order valence-corrected chi connectivity index (χ2v) is 4.17. The average Bonchev–Trinajstić information content (AvgIpc) is 2.43. The summed E-state index contributed by atoms with van der Waals surface area (Å²) in [4.78, 5) is 0. The van der Waals surface area contributed by atoms with E-state index in [1.54, 1.807) is 18.2 Å². The number of halogens is 2. The number of benzene rings is 2. The minimum atomic E-state index is -0.549. The zero-order valence-corrected chi connectivity index (χ0v) is 11.0. The second-order valence-electron chi connectivity index (χ2n) is 4.17. The normalized spacial score (nSPS) is 10.3. The summed E-state index contributed by atoms with van der Waals surface area (Å²) >= 11 is 0. The third-order valence-electron chi connectivity index (χ3n) is 2.78. The van der Waals surface area contributed by atoms with E-state index in [1.807, 2.05) is 6.92 Å². The standard InChI is InChI=1S/C15H15F2NO2/c1-2-20-14-5-3-4-10(15(14)19)9-18-13-8-11(16)6-7-12(13)17/h3-8,18-19H,2,9H2,1H3. The zero-order valence-electron chi connectivity index (χ0n) is 11.0. The molecule has 0 aliphatic rings. The van der Waals surface area contributed by atoms with Gasteiger partial charge in [-0.15, -0.1) is 0 Å². The van der Waals surface area contributed by atoms with Crippen molar-refractivity contribution in [2.75, 3.05) is 11.9 Å². The van der Waals surface area contributed by atoms with Gasteiger partial charge in [0.05, 0.1) is 12.3 Å². The predicted octanol–water partition coefficient (Wildman–Crippen LogP) is 3.68. The van der Waals surface area contributed by atoms with Crippen LogP contribution in [0.25, 0.3) is 0 Å². The lowest BCUT2D eigenvalue weighted by atomic mass is 10.1. The minimum Gasteiger partial charge on any atom is -0.504 e. The van der Waals surface area contributed by atoms with Crippen LogP contribution in [-0.2, 0) is 6.54 Å². The van der Waals surface area contributed by atoms with E-state index < -0.39 is 11.6 Å².